The summed E-state index contributed by atoms with van der Waals surface area (Å²) >= 11 is 3.65. The molecule has 8 rings (SSSR count). The van der Waals surface area contributed by atoms with Crippen LogP contribution < -0.4 is 19.9 Å². The van der Waals surface area contributed by atoms with Crippen LogP contribution in [0.5, 0.6) is 5.75 Å². The maximum Gasteiger partial charge on any atom is 0.264 e. The first-order valence-electron chi connectivity index (χ1n) is 21.9. The Morgan fingerprint density at radius 2 is 1.78 bits per heavy atom. The van der Waals surface area contributed by atoms with E-state index in [1.165, 1.54) is 0 Å². The fourth-order valence-electron chi connectivity index (χ4n) is 10.00. The maximum absolute atomic E-state index is 16.6. The molecule has 2 unspecified atom stereocenters. The number of carbonyl (C=O) groups is 2. The minimum atomic E-state index is -3.42. The van der Waals surface area contributed by atoms with Crippen LogP contribution in [0.25, 0.3) is 0 Å². The SMILES string of the molecule is CCOc1ccc2c(c1)CC(NCCCCO)C(=O)N2c1ccc(CN2C(=O)[C@]3(O[C@H](CCn4cc(C(CO)c5ccccc5)nn4)[C@@H]([Si](C)(C)F)[C@@H]3C)c3cc(Br)ccc32)cc1. The Morgan fingerprint density at radius 1 is 1.02 bits per heavy atom. The fourth-order valence-corrected chi connectivity index (χ4v) is 12.9. The molecule has 1 saturated heterocycles. The van der Waals surface area contributed by atoms with Crippen molar-refractivity contribution >= 4 is 53.2 Å². The normalized spacial score (nSPS) is 22.5. The molecule has 1 spiro atoms. The van der Waals surface area contributed by atoms with E-state index in [9.17, 15) is 15.0 Å². The van der Waals surface area contributed by atoms with E-state index in [2.05, 4.69) is 31.6 Å². The van der Waals surface area contributed by atoms with Gasteiger partial charge in [-0.05, 0) is 117 Å². The average Bonchev–Trinajstić information content (AvgIpc) is 3.93. The van der Waals surface area contributed by atoms with Gasteiger partial charge in [-0.3, -0.25) is 19.2 Å². The first-order chi connectivity index (χ1) is 30.4. The molecule has 0 aliphatic carbocycles. The van der Waals surface area contributed by atoms with Crippen molar-refractivity contribution in [2.75, 3.05) is 36.2 Å². The van der Waals surface area contributed by atoms with Gasteiger partial charge in [-0.25, -0.2) is 0 Å². The molecule has 2 amide bonds. The summed E-state index contributed by atoms with van der Waals surface area (Å²) in [7, 11) is -3.42. The monoisotopic (exact) mass is 938 g/mol. The van der Waals surface area contributed by atoms with E-state index in [4.69, 9.17) is 9.47 Å². The highest BCUT2D eigenvalue weighted by Crippen LogP contribution is 2.60. The Hall–Kier alpha value is -4.77. The van der Waals surface area contributed by atoms with Crippen molar-refractivity contribution in [3.05, 3.63) is 130 Å². The summed E-state index contributed by atoms with van der Waals surface area (Å²) in [5.41, 5.74) is 4.45. The highest BCUT2D eigenvalue weighted by Gasteiger charge is 2.66. The predicted molar refractivity (Wildman–Crippen MR) is 246 cm³/mol. The standard InChI is InChI=1S/C48H56BrFN6O6Si/c1-5-61-37-18-20-42-34(25-37)26-40(51-22-9-10-24-57)46(59)56(42)36-16-13-32(14-17-36)28-55-43-19-15-35(49)27-39(43)48(47(55)60)31(2)45(63(3,4)50)44(62-48)21-23-54-29-41(52-53-54)38(30-58)33-11-7-6-8-12-33/h6-8,11-20,25,27,29,31,38,40,44-45,51,57-58H,5,9-10,21-24,26,28,30H2,1-4H3/t31-,38?,40?,44+,45-,48+/m0/s1. The zero-order chi connectivity index (χ0) is 44.5. The summed E-state index contributed by atoms with van der Waals surface area (Å²) in [5, 5.41) is 31.7. The molecule has 0 radical (unpaired) electrons. The van der Waals surface area contributed by atoms with Crippen LogP contribution in [0.1, 0.15) is 67.0 Å². The van der Waals surface area contributed by atoms with Gasteiger partial charge in [0, 0.05) is 46.5 Å². The Morgan fingerprint density at radius 3 is 2.49 bits per heavy atom. The summed E-state index contributed by atoms with van der Waals surface area (Å²) in [6.07, 6.45) is 3.59. The number of aryl methyl sites for hydroxylation is 1. The lowest BCUT2D eigenvalue weighted by atomic mass is 9.82. The molecule has 6 atom stereocenters. The number of ether oxygens (including phenoxy) is 2. The molecule has 332 valence electrons. The molecule has 12 nitrogen and oxygen atoms in total. The number of carbonyl (C=O) groups excluding carboxylic acids is 2. The topological polar surface area (TPSA) is 142 Å². The van der Waals surface area contributed by atoms with Gasteiger partial charge in [-0.2, -0.15) is 0 Å². The van der Waals surface area contributed by atoms with Gasteiger partial charge in [0.05, 0.1) is 54.9 Å². The second kappa shape index (κ2) is 18.8. The van der Waals surface area contributed by atoms with Crippen molar-refractivity contribution in [2.45, 2.75) is 94.9 Å². The van der Waals surface area contributed by atoms with Gasteiger partial charge in [0.1, 0.15) is 5.75 Å². The largest absolute Gasteiger partial charge is 0.494 e. The molecule has 5 aromatic rings. The van der Waals surface area contributed by atoms with Gasteiger partial charge in [0.15, 0.2) is 5.60 Å². The van der Waals surface area contributed by atoms with Crippen LogP contribution in [0.2, 0.25) is 18.6 Å². The third kappa shape index (κ3) is 8.75. The molecule has 1 aromatic heterocycles. The number of hydrogen-bond acceptors (Lipinski definition) is 9. The molecule has 1 fully saturated rings. The third-order valence-electron chi connectivity index (χ3n) is 12.9. The quantitative estimate of drug-likeness (QED) is 0.0482. The number of aliphatic hydroxyl groups excluding tert-OH is 2. The number of hydrogen-bond donors (Lipinski definition) is 3. The molecule has 4 aromatic carbocycles. The number of aromatic nitrogens is 3. The molecule has 4 heterocycles. The minimum absolute atomic E-state index is 0.0683. The van der Waals surface area contributed by atoms with E-state index in [0.29, 0.717) is 61.6 Å². The molecule has 15 heteroatoms. The number of anilines is 3. The van der Waals surface area contributed by atoms with E-state index in [-0.39, 0.29) is 37.5 Å². The van der Waals surface area contributed by atoms with E-state index in [0.717, 1.165) is 39.0 Å². The van der Waals surface area contributed by atoms with Crippen molar-refractivity contribution in [1.82, 2.24) is 20.3 Å². The number of nitrogens with zero attached hydrogens (tertiary/aromatic N) is 5. The van der Waals surface area contributed by atoms with Gasteiger partial charge in [-0.1, -0.05) is 70.5 Å². The summed E-state index contributed by atoms with van der Waals surface area (Å²) < 4.78 is 32.0. The average molecular weight is 940 g/mol. The van der Waals surface area contributed by atoms with Crippen LogP contribution in [-0.2, 0) is 39.4 Å². The van der Waals surface area contributed by atoms with E-state index < -0.39 is 37.6 Å². The van der Waals surface area contributed by atoms with Crippen LogP contribution in [0, 0.1) is 5.92 Å². The second-order valence-electron chi connectivity index (χ2n) is 17.4. The number of amides is 2. The first-order valence-corrected chi connectivity index (χ1v) is 25.7. The van der Waals surface area contributed by atoms with Gasteiger partial charge < -0.3 is 34.0 Å². The zero-order valence-electron chi connectivity index (χ0n) is 36.2. The second-order valence-corrected chi connectivity index (χ2v) is 22.1. The summed E-state index contributed by atoms with van der Waals surface area (Å²) in [4.78, 5) is 32.8. The third-order valence-corrected chi connectivity index (χ3v) is 15.9. The van der Waals surface area contributed by atoms with Crippen molar-refractivity contribution in [3.8, 4) is 5.75 Å². The number of nitrogens with one attached hydrogen (secondary N) is 1. The smallest absolute Gasteiger partial charge is 0.264 e. The summed E-state index contributed by atoms with van der Waals surface area (Å²) in [6, 6.07) is 28.5. The Balaban J connectivity index is 1.04. The number of rotatable bonds is 17. The van der Waals surface area contributed by atoms with E-state index in [1.54, 1.807) is 27.6 Å². The van der Waals surface area contributed by atoms with Crippen LogP contribution in [0.15, 0.2) is 102 Å². The Kier molecular flexibility index (Phi) is 13.3. The van der Waals surface area contributed by atoms with Crippen LogP contribution in [0.4, 0.5) is 21.2 Å². The molecule has 3 aliphatic heterocycles. The van der Waals surface area contributed by atoms with E-state index in [1.807, 2.05) is 111 Å². The van der Waals surface area contributed by atoms with Gasteiger partial charge >= 0.3 is 0 Å². The predicted octanol–water partition coefficient (Wildman–Crippen LogP) is 7.93. The molecular weight excluding hydrogens is 884 g/mol. The molecule has 3 N–H and O–H groups in total. The number of fused-ring (bicyclic) bond motifs is 3. The maximum atomic E-state index is 16.6. The number of halogens is 2. The Bertz CT molecular complexity index is 2420. The fraction of sp³-hybridized carbons (Fsp3) is 0.417. The van der Waals surface area contributed by atoms with Crippen molar-refractivity contribution in [2.24, 2.45) is 5.92 Å². The lowest BCUT2D eigenvalue weighted by molar-refractivity contribution is -0.146. The van der Waals surface area contributed by atoms with Crippen molar-refractivity contribution in [1.29, 1.82) is 0 Å². The first kappa shape index (κ1) is 44.8. The number of benzene rings is 4. The van der Waals surface area contributed by atoms with Crippen molar-refractivity contribution in [3.63, 3.8) is 0 Å². The van der Waals surface area contributed by atoms with Crippen LogP contribution in [0.3, 0.4) is 0 Å². The molecular formula is C48H56BrFN6O6Si. The lowest BCUT2D eigenvalue weighted by Gasteiger charge is -2.35. The van der Waals surface area contributed by atoms with Crippen LogP contribution >= 0.6 is 15.9 Å². The minimum Gasteiger partial charge on any atom is -0.494 e. The lowest BCUT2D eigenvalue weighted by Crippen LogP contribution is -2.49. The molecule has 63 heavy (non-hydrogen) atoms. The highest BCUT2D eigenvalue weighted by molar-refractivity contribution is 9.10. The Labute approximate surface area is 377 Å². The summed E-state index contributed by atoms with van der Waals surface area (Å²) in [6.45, 7) is 9.04. The van der Waals surface area contributed by atoms with E-state index >= 15 is 8.90 Å². The number of unbranched alkanes of at least 4 members (excludes halogenated alkanes) is 1. The number of aliphatic hydroxyl groups is 2. The molecule has 0 saturated carbocycles. The van der Waals surface area contributed by atoms with Crippen LogP contribution in [-0.4, -0.2) is 83.9 Å². The molecule has 3 aliphatic rings. The van der Waals surface area contributed by atoms with Crippen molar-refractivity contribution < 1.29 is 33.4 Å². The summed E-state index contributed by atoms with van der Waals surface area (Å²) in [5.74, 6) is -0.346. The molecule has 0 bridgehead atoms. The van der Waals surface area contributed by atoms with Gasteiger partial charge in [0.25, 0.3) is 5.91 Å². The van der Waals surface area contributed by atoms with Gasteiger partial charge in [0.2, 0.25) is 14.3 Å². The zero-order valence-corrected chi connectivity index (χ0v) is 38.8. The highest BCUT2D eigenvalue weighted by atomic mass is 79.9. The van der Waals surface area contributed by atoms with Gasteiger partial charge in [-0.15, -0.1) is 5.10 Å².